The monoisotopic (exact) mass is 434 g/mol. The number of nitrogens with zero attached hydrogens (tertiary/aromatic N) is 2. The first-order chi connectivity index (χ1) is 15.3. The van der Waals surface area contributed by atoms with Gasteiger partial charge in [-0.05, 0) is 67.6 Å². The Morgan fingerprint density at radius 1 is 1.03 bits per heavy atom. The van der Waals surface area contributed by atoms with Gasteiger partial charge < -0.3 is 10.6 Å². The topological polar surface area (TPSA) is 76.0 Å². The third kappa shape index (κ3) is 4.72. The SMILES string of the molecule is CC(C)c1c(C(=O)NC(C)c2ccc(NC(=O)C3CC3)cc2)cnn1-c1ccc(F)cc1. The van der Waals surface area contributed by atoms with Crippen molar-refractivity contribution in [3.05, 3.63) is 77.4 Å². The molecule has 0 saturated heterocycles. The van der Waals surface area contributed by atoms with Gasteiger partial charge in [-0.2, -0.15) is 5.10 Å². The van der Waals surface area contributed by atoms with Crippen molar-refractivity contribution in [1.29, 1.82) is 0 Å². The van der Waals surface area contributed by atoms with E-state index in [1.54, 1.807) is 23.0 Å². The van der Waals surface area contributed by atoms with Gasteiger partial charge in [0.25, 0.3) is 5.91 Å². The van der Waals surface area contributed by atoms with Crippen LogP contribution in [0.15, 0.2) is 54.7 Å². The van der Waals surface area contributed by atoms with Crippen LogP contribution in [0.2, 0.25) is 0 Å². The van der Waals surface area contributed by atoms with E-state index in [2.05, 4.69) is 15.7 Å². The van der Waals surface area contributed by atoms with E-state index in [0.29, 0.717) is 11.3 Å². The molecule has 2 N–H and O–H groups in total. The third-order valence-corrected chi connectivity index (χ3v) is 5.64. The van der Waals surface area contributed by atoms with Crippen LogP contribution in [0, 0.1) is 11.7 Å². The van der Waals surface area contributed by atoms with Crippen molar-refractivity contribution in [3.63, 3.8) is 0 Å². The average molecular weight is 435 g/mol. The normalized spacial score (nSPS) is 14.3. The standard InChI is InChI=1S/C25H27FN4O2/c1-15(2)23-22(14-27-30(23)21-12-8-19(26)9-13-21)25(32)28-16(3)17-6-10-20(11-7-17)29-24(31)18-4-5-18/h6-16,18H,4-5H2,1-3H3,(H,28,32)(H,29,31). The van der Waals surface area contributed by atoms with Crippen molar-refractivity contribution in [2.24, 2.45) is 5.92 Å². The van der Waals surface area contributed by atoms with E-state index in [0.717, 1.165) is 29.8 Å². The van der Waals surface area contributed by atoms with Gasteiger partial charge in [-0.3, -0.25) is 9.59 Å². The fourth-order valence-electron chi connectivity index (χ4n) is 3.68. The number of carbonyl (C=O) groups is 2. The zero-order valence-corrected chi connectivity index (χ0v) is 18.4. The lowest BCUT2D eigenvalue weighted by Gasteiger charge is -2.17. The quantitative estimate of drug-likeness (QED) is 0.551. The molecular weight excluding hydrogens is 407 g/mol. The lowest BCUT2D eigenvalue weighted by atomic mass is 10.0. The molecule has 1 aliphatic carbocycles. The predicted octanol–water partition coefficient (Wildman–Crippen LogP) is 4.97. The second-order valence-electron chi connectivity index (χ2n) is 8.57. The summed E-state index contributed by atoms with van der Waals surface area (Å²) >= 11 is 0. The van der Waals surface area contributed by atoms with Crippen LogP contribution in [0.25, 0.3) is 5.69 Å². The highest BCUT2D eigenvalue weighted by molar-refractivity contribution is 5.96. The second-order valence-corrected chi connectivity index (χ2v) is 8.57. The number of carbonyl (C=O) groups excluding carboxylic acids is 2. The molecule has 1 fully saturated rings. The van der Waals surface area contributed by atoms with Gasteiger partial charge in [0, 0.05) is 11.6 Å². The van der Waals surface area contributed by atoms with Crippen LogP contribution in [-0.4, -0.2) is 21.6 Å². The van der Waals surface area contributed by atoms with Crippen LogP contribution in [0.4, 0.5) is 10.1 Å². The highest BCUT2D eigenvalue weighted by Crippen LogP contribution is 2.30. The molecule has 2 amide bonds. The van der Waals surface area contributed by atoms with E-state index in [1.165, 1.54) is 12.1 Å². The van der Waals surface area contributed by atoms with Gasteiger partial charge in [0.05, 0.1) is 29.2 Å². The molecule has 1 aromatic heterocycles. The molecule has 0 aliphatic heterocycles. The number of halogens is 1. The number of nitrogens with one attached hydrogen (secondary N) is 2. The van der Waals surface area contributed by atoms with Crippen molar-refractivity contribution in [2.75, 3.05) is 5.32 Å². The lowest BCUT2D eigenvalue weighted by Crippen LogP contribution is -2.27. The highest BCUT2D eigenvalue weighted by Gasteiger charge is 2.29. The van der Waals surface area contributed by atoms with Crippen LogP contribution < -0.4 is 10.6 Å². The van der Waals surface area contributed by atoms with E-state index in [-0.39, 0.29) is 35.5 Å². The molecule has 0 bridgehead atoms. The summed E-state index contributed by atoms with van der Waals surface area (Å²) in [5.41, 5.74) is 3.64. The Labute approximate surface area is 186 Å². The van der Waals surface area contributed by atoms with Gasteiger partial charge in [-0.25, -0.2) is 9.07 Å². The number of aromatic nitrogens is 2. The smallest absolute Gasteiger partial charge is 0.255 e. The third-order valence-electron chi connectivity index (χ3n) is 5.64. The summed E-state index contributed by atoms with van der Waals surface area (Å²) in [4.78, 5) is 25.0. The van der Waals surface area contributed by atoms with E-state index in [1.807, 2.05) is 45.0 Å². The molecule has 4 rings (SSSR count). The van der Waals surface area contributed by atoms with E-state index < -0.39 is 0 Å². The second kappa shape index (κ2) is 8.94. The van der Waals surface area contributed by atoms with Crippen molar-refractivity contribution < 1.29 is 14.0 Å². The Bertz CT molecular complexity index is 1120. The summed E-state index contributed by atoms with van der Waals surface area (Å²) in [6.07, 6.45) is 3.48. The summed E-state index contributed by atoms with van der Waals surface area (Å²) in [5.74, 6) is -0.289. The molecular formula is C25H27FN4O2. The van der Waals surface area contributed by atoms with Crippen LogP contribution >= 0.6 is 0 Å². The van der Waals surface area contributed by atoms with Gasteiger partial charge in [0.1, 0.15) is 5.82 Å². The molecule has 3 aromatic rings. The molecule has 1 heterocycles. The van der Waals surface area contributed by atoms with Crippen LogP contribution in [0.1, 0.15) is 67.2 Å². The Kier molecular flexibility index (Phi) is 6.08. The van der Waals surface area contributed by atoms with E-state index >= 15 is 0 Å². The van der Waals surface area contributed by atoms with Gasteiger partial charge >= 0.3 is 0 Å². The summed E-state index contributed by atoms with van der Waals surface area (Å²) in [6.45, 7) is 5.90. The molecule has 32 heavy (non-hydrogen) atoms. The Morgan fingerprint density at radius 2 is 1.69 bits per heavy atom. The minimum Gasteiger partial charge on any atom is -0.345 e. The Hall–Kier alpha value is -3.48. The average Bonchev–Trinajstić information content (AvgIpc) is 3.53. The highest BCUT2D eigenvalue weighted by atomic mass is 19.1. The fraction of sp³-hybridized carbons (Fsp3) is 0.320. The van der Waals surface area contributed by atoms with E-state index in [4.69, 9.17) is 0 Å². The number of anilines is 1. The maximum absolute atomic E-state index is 13.3. The van der Waals surface area contributed by atoms with Gasteiger partial charge in [-0.1, -0.05) is 26.0 Å². The predicted molar refractivity (Wildman–Crippen MR) is 121 cm³/mol. The number of rotatable bonds is 7. The van der Waals surface area contributed by atoms with Gasteiger partial charge in [-0.15, -0.1) is 0 Å². The van der Waals surface area contributed by atoms with E-state index in [9.17, 15) is 14.0 Å². The van der Waals surface area contributed by atoms with Gasteiger partial charge in [0.15, 0.2) is 0 Å². The van der Waals surface area contributed by atoms with Crippen LogP contribution in [0.3, 0.4) is 0 Å². The minimum atomic E-state index is -0.322. The molecule has 1 saturated carbocycles. The minimum absolute atomic E-state index is 0.0352. The molecule has 0 radical (unpaired) electrons. The van der Waals surface area contributed by atoms with Crippen molar-refractivity contribution >= 4 is 17.5 Å². The molecule has 7 heteroatoms. The summed E-state index contributed by atoms with van der Waals surface area (Å²) in [6, 6.07) is 13.3. The number of benzene rings is 2. The Balaban J connectivity index is 1.48. The molecule has 166 valence electrons. The number of hydrogen-bond acceptors (Lipinski definition) is 3. The zero-order chi connectivity index (χ0) is 22.8. The molecule has 6 nitrogen and oxygen atoms in total. The zero-order valence-electron chi connectivity index (χ0n) is 18.4. The van der Waals surface area contributed by atoms with Crippen LogP contribution in [-0.2, 0) is 4.79 Å². The molecule has 2 aromatic carbocycles. The first-order valence-corrected chi connectivity index (χ1v) is 10.9. The molecule has 1 atom stereocenters. The maximum Gasteiger partial charge on any atom is 0.255 e. The molecule has 1 unspecified atom stereocenters. The largest absolute Gasteiger partial charge is 0.345 e. The molecule has 1 aliphatic rings. The first kappa shape index (κ1) is 21.7. The number of amides is 2. The number of hydrogen-bond donors (Lipinski definition) is 2. The van der Waals surface area contributed by atoms with Crippen molar-refractivity contribution in [1.82, 2.24) is 15.1 Å². The summed E-state index contributed by atoms with van der Waals surface area (Å²) < 4.78 is 15.0. The van der Waals surface area contributed by atoms with Crippen LogP contribution in [0.5, 0.6) is 0 Å². The Morgan fingerprint density at radius 3 is 2.28 bits per heavy atom. The van der Waals surface area contributed by atoms with Crippen molar-refractivity contribution in [2.45, 2.75) is 45.6 Å². The van der Waals surface area contributed by atoms with Gasteiger partial charge in [0.2, 0.25) is 5.91 Å². The summed E-state index contributed by atoms with van der Waals surface area (Å²) in [5, 5.41) is 10.3. The summed E-state index contributed by atoms with van der Waals surface area (Å²) in [7, 11) is 0. The van der Waals surface area contributed by atoms with Crippen molar-refractivity contribution in [3.8, 4) is 5.69 Å². The maximum atomic E-state index is 13.3. The molecule has 0 spiro atoms. The fourth-order valence-corrected chi connectivity index (χ4v) is 3.68. The first-order valence-electron chi connectivity index (χ1n) is 10.9. The lowest BCUT2D eigenvalue weighted by molar-refractivity contribution is -0.117.